The molecule has 2 N–H and O–H groups in total. The number of ketones is 2. The summed E-state index contributed by atoms with van der Waals surface area (Å²) in [6, 6.07) is 18.7. The largest absolute Gasteiger partial charge is 0.326 e. The third kappa shape index (κ3) is 4.27. The van der Waals surface area contributed by atoms with Crippen LogP contribution in [0, 0.1) is 0 Å². The first-order valence-corrected chi connectivity index (χ1v) is 10.5. The molecule has 31 heavy (non-hydrogen) atoms. The second kappa shape index (κ2) is 8.57. The van der Waals surface area contributed by atoms with Gasteiger partial charge in [0.15, 0.2) is 11.6 Å². The lowest BCUT2D eigenvalue weighted by atomic mass is 9.83. The number of anilines is 2. The average molecular weight is 430 g/mol. The minimum atomic E-state index is -0.288. The van der Waals surface area contributed by atoms with Gasteiger partial charge in [-0.1, -0.05) is 36.4 Å². The Hall–Kier alpha value is -3.71. The number of amides is 2. The van der Waals surface area contributed by atoms with E-state index in [0.29, 0.717) is 28.1 Å². The molecule has 6 nitrogen and oxygen atoms in total. The van der Waals surface area contributed by atoms with Crippen LogP contribution in [-0.2, 0) is 9.59 Å². The van der Waals surface area contributed by atoms with E-state index < -0.39 is 0 Å². The molecule has 0 unspecified atom stereocenters. The molecule has 0 aromatic heterocycles. The fraction of sp³-hybridized carbons (Fsp3) is 0.0833. The van der Waals surface area contributed by atoms with E-state index in [1.165, 1.54) is 18.7 Å². The van der Waals surface area contributed by atoms with Gasteiger partial charge in [0, 0.05) is 34.2 Å². The molecule has 0 saturated heterocycles. The summed E-state index contributed by atoms with van der Waals surface area (Å²) in [5, 5.41) is 5.46. The molecule has 4 rings (SSSR count). The fourth-order valence-electron chi connectivity index (χ4n) is 3.42. The van der Waals surface area contributed by atoms with Gasteiger partial charge in [0.2, 0.25) is 11.8 Å². The zero-order valence-corrected chi connectivity index (χ0v) is 17.4. The third-order valence-corrected chi connectivity index (χ3v) is 5.78. The lowest BCUT2D eigenvalue weighted by molar-refractivity contribution is -0.114. The van der Waals surface area contributed by atoms with Crippen molar-refractivity contribution < 1.29 is 19.2 Å². The Kier molecular flexibility index (Phi) is 5.68. The van der Waals surface area contributed by atoms with Crippen molar-refractivity contribution in [2.75, 3.05) is 16.4 Å². The monoisotopic (exact) mass is 430 g/mol. The molecule has 1 aliphatic carbocycles. The van der Waals surface area contributed by atoms with E-state index in [1.807, 2.05) is 12.1 Å². The lowest BCUT2D eigenvalue weighted by Gasteiger charge is -2.20. The zero-order chi connectivity index (χ0) is 22.0. The Balaban J connectivity index is 1.48. The van der Waals surface area contributed by atoms with Crippen LogP contribution in [-0.4, -0.2) is 29.1 Å². The van der Waals surface area contributed by atoms with Gasteiger partial charge in [-0.2, -0.15) is 0 Å². The zero-order valence-electron chi connectivity index (χ0n) is 16.6. The number of nitrogens with one attached hydrogen (secondary N) is 2. The molecule has 0 aliphatic heterocycles. The molecule has 0 bridgehead atoms. The molecule has 0 heterocycles. The first-order valence-electron chi connectivity index (χ1n) is 9.56. The molecular weight excluding hydrogens is 412 g/mol. The number of benzene rings is 3. The van der Waals surface area contributed by atoms with Crippen molar-refractivity contribution >= 4 is 46.5 Å². The van der Waals surface area contributed by atoms with Crippen LogP contribution in [0.15, 0.2) is 71.6 Å². The topological polar surface area (TPSA) is 92.3 Å². The number of hydrogen-bond donors (Lipinski definition) is 2. The van der Waals surface area contributed by atoms with Crippen molar-refractivity contribution in [1.82, 2.24) is 0 Å². The van der Waals surface area contributed by atoms with Crippen LogP contribution in [0.3, 0.4) is 0 Å². The summed E-state index contributed by atoms with van der Waals surface area (Å²) in [6.45, 7) is 1.44. The summed E-state index contributed by atoms with van der Waals surface area (Å²) in [4.78, 5) is 50.3. The molecule has 0 fully saturated rings. The molecule has 0 saturated carbocycles. The van der Waals surface area contributed by atoms with Crippen LogP contribution < -0.4 is 10.6 Å². The molecule has 0 atom stereocenters. The van der Waals surface area contributed by atoms with Gasteiger partial charge in [0.25, 0.3) is 0 Å². The summed E-state index contributed by atoms with van der Waals surface area (Å²) >= 11 is 1.33. The van der Waals surface area contributed by atoms with Crippen molar-refractivity contribution in [2.45, 2.75) is 11.8 Å². The van der Waals surface area contributed by atoms with Gasteiger partial charge in [-0.15, -0.1) is 11.8 Å². The second-order valence-electron chi connectivity index (χ2n) is 6.97. The van der Waals surface area contributed by atoms with Gasteiger partial charge in [0.05, 0.1) is 17.0 Å². The molecule has 3 aromatic carbocycles. The maximum atomic E-state index is 13.0. The van der Waals surface area contributed by atoms with E-state index >= 15 is 0 Å². The molecular formula is C24H18N2O4S. The number of carbonyl (C=O) groups is 4. The predicted molar refractivity (Wildman–Crippen MR) is 120 cm³/mol. The minimum absolute atomic E-state index is 0.127. The van der Waals surface area contributed by atoms with Crippen LogP contribution in [0.1, 0.15) is 38.8 Å². The van der Waals surface area contributed by atoms with Crippen LogP contribution in [0.5, 0.6) is 0 Å². The smallest absolute Gasteiger partial charge is 0.234 e. The highest BCUT2D eigenvalue weighted by Crippen LogP contribution is 2.32. The summed E-state index contributed by atoms with van der Waals surface area (Å²) in [5.74, 6) is -0.815. The van der Waals surface area contributed by atoms with Gasteiger partial charge in [-0.3, -0.25) is 19.2 Å². The van der Waals surface area contributed by atoms with Crippen LogP contribution in [0.25, 0.3) is 0 Å². The number of fused-ring (bicyclic) bond motifs is 2. The number of carbonyl (C=O) groups excluding carboxylic acids is 4. The highest BCUT2D eigenvalue weighted by molar-refractivity contribution is 8.00. The van der Waals surface area contributed by atoms with Crippen molar-refractivity contribution in [3.63, 3.8) is 0 Å². The van der Waals surface area contributed by atoms with E-state index in [1.54, 1.807) is 54.6 Å². The summed E-state index contributed by atoms with van der Waals surface area (Å²) in [7, 11) is 0. The number of hydrogen-bond acceptors (Lipinski definition) is 5. The average Bonchev–Trinajstić information content (AvgIpc) is 2.76. The molecule has 3 aromatic rings. The normalized spacial score (nSPS) is 12.0. The maximum Gasteiger partial charge on any atom is 0.234 e. The predicted octanol–water partition coefficient (Wildman–Crippen LogP) is 4.15. The Morgan fingerprint density at radius 1 is 0.774 bits per heavy atom. The molecule has 0 radical (unpaired) electrons. The molecule has 1 aliphatic rings. The van der Waals surface area contributed by atoms with Crippen molar-refractivity contribution in [1.29, 1.82) is 0 Å². The quantitative estimate of drug-likeness (QED) is 0.464. The number of rotatable bonds is 5. The Morgan fingerprint density at radius 2 is 1.42 bits per heavy atom. The van der Waals surface area contributed by atoms with Crippen LogP contribution in [0.4, 0.5) is 11.4 Å². The highest BCUT2D eigenvalue weighted by atomic mass is 32.2. The third-order valence-electron chi connectivity index (χ3n) is 4.77. The Labute approximate surface area is 183 Å². The van der Waals surface area contributed by atoms with Crippen molar-refractivity contribution in [3.8, 4) is 0 Å². The van der Waals surface area contributed by atoms with Crippen LogP contribution in [0.2, 0.25) is 0 Å². The SMILES string of the molecule is CC(=O)Nc1ccc(SCC(=O)Nc2cccc3c2C(=O)c2ccccc2C3=O)cc1. The van der Waals surface area contributed by atoms with E-state index in [-0.39, 0.29) is 34.7 Å². The minimum Gasteiger partial charge on any atom is -0.326 e. The lowest BCUT2D eigenvalue weighted by Crippen LogP contribution is -2.24. The Morgan fingerprint density at radius 3 is 2.10 bits per heavy atom. The molecule has 0 spiro atoms. The summed E-state index contributed by atoms with van der Waals surface area (Å²) in [5.41, 5.74) is 2.25. The van der Waals surface area contributed by atoms with Crippen molar-refractivity contribution in [3.05, 3.63) is 89.0 Å². The van der Waals surface area contributed by atoms with E-state index in [0.717, 1.165) is 4.90 Å². The van der Waals surface area contributed by atoms with E-state index in [4.69, 9.17) is 0 Å². The molecule has 154 valence electrons. The number of thioether (sulfide) groups is 1. The standard InChI is InChI=1S/C24H18N2O4S/c1-14(27)25-15-9-11-16(12-10-15)31-13-21(28)26-20-8-4-7-19-22(20)24(30)18-6-3-2-5-17(18)23(19)29/h2-12H,13H2,1H3,(H,25,27)(H,26,28). The molecule has 2 amide bonds. The first kappa shape index (κ1) is 20.6. The second-order valence-corrected chi connectivity index (χ2v) is 8.02. The van der Waals surface area contributed by atoms with Crippen molar-refractivity contribution in [2.24, 2.45) is 0 Å². The van der Waals surface area contributed by atoms with Gasteiger partial charge in [-0.05, 0) is 30.3 Å². The Bertz CT molecular complexity index is 1220. The maximum absolute atomic E-state index is 13.0. The fourth-order valence-corrected chi connectivity index (χ4v) is 4.12. The first-order chi connectivity index (χ1) is 14.9. The van der Waals surface area contributed by atoms with Gasteiger partial charge >= 0.3 is 0 Å². The molecule has 7 heteroatoms. The van der Waals surface area contributed by atoms with Gasteiger partial charge in [-0.25, -0.2) is 0 Å². The van der Waals surface area contributed by atoms with Gasteiger partial charge < -0.3 is 10.6 Å². The summed E-state index contributed by atoms with van der Waals surface area (Å²) < 4.78 is 0. The van der Waals surface area contributed by atoms with Gasteiger partial charge in [0.1, 0.15) is 0 Å². The van der Waals surface area contributed by atoms with Crippen LogP contribution >= 0.6 is 11.8 Å². The highest BCUT2D eigenvalue weighted by Gasteiger charge is 2.31. The van der Waals surface area contributed by atoms with E-state index in [2.05, 4.69) is 10.6 Å². The summed E-state index contributed by atoms with van der Waals surface area (Å²) in [6.07, 6.45) is 0. The van der Waals surface area contributed by atoms with E-state index in [9.17, 15) is 19.2 Å².